The molecule has 0 aromatic heterocycles. The molecule has 2 N–H and O–H groups in total. The molecule has 1 fully saturated rings. The van der Waals surface area contributed by atoms with Gasteiger partial charge in [0.15, 0.2) is 0 Å². The van der Waals surface area contributed by atoms with Gasteiger partial charge < -0.3 is 19.8 Å². The number of aliphatic hydroxyl groups excluding tert-OH is 2. The number of halogens is 1. The van der Waals surface area contributed by atoms with E-state index in [0.717, 1.165) is 22.3 Å². The van der Waals surface area contributed by atoms with Crippen LogP contribution < -0.4 is 4.90 Å². The molecule has 1 aliphatic rings. The summed E-state index contributed by atoms with van der Waals surface area (Å²) in [6, 6.07) is 5.87. The zero-order chi connectivity index (χ0) is 14.0. The van der Waals surface area contributed by atoms with Gasteiger partial charge in [-0.15, -0.1) is 0 Å². The number of nitrogens with zero attached hydrogens (tertiary/aromatic N) is 1. The molecule has 1 saturated heterocycles. The molecule has 1 aromatic carbocycles. The van der Waals surface area contributed by atoms with Gasteiger partial charge in [0.25, 0.3) is 0 Å². The Kier molecular flexibility index (Phi) is 4.84. The number of hydrogen-bond donors (Lipinski definition) is 2. The molecule has 19 heavy (non-hydrogen) atoms. The van der Waals surface area contributed by atoms with Crippen molar-refractivity contribution in [2.75, 3.05) is 24.6 Å². The lowest BCUT2D eigenvalue weighted by Gasteiger charge is -2.38. The number of aliphatic hydroxyl groups is 2. The third-order valence-electron chi connectivity index (χ3n) is 3.32. The first-order chi connectivity index (χ1) is 9.01. The monoisotopic (exact) mass is 329 g/mol. The first-order valence-corrected chi connectivity index (χ1v) is 7.29. The molecule has 0 radical (unpaired) electrons. The van der Waals surface area contributed by atoms with Crippen LogP contribution in [0.15, 0.2) is 22.7 Å². The molecule has 0 bridgehead atoms. The minimum Gasteiger partial charge on any atom is -0.394 e. The molecule has 1 aliphatic heterocycles. The smallest absolute Gasteiger partial charge is 0.0984 e. The topological polar surface area (TPSA) is 52.9 Å². The number of benzene rings is 1. The zero-order valence-corrected chi connectivity index (χ0v) is 12.8. The molecule has 106 valence electrons. The van der Waals surface area contributed by atoms with E-state index in [1.165, 1.54) is 0 Å². The van der Waals surface area contributed by atoms with Gasteiger partial charge in [-0.2, -0.15) is 0 Å². The van der Waals surface area contributed by atoms with Crippen molar-refractivity contribution in [2.45, 2.75) is 32.2 Å². The molecule has 1 aromatic rings. The molecule has 4 nitrogen and oxygen atoms in total. The fraction of sp³-hybridized carbons (Fsp3) is 0.571. The SMILES string of the molecule is CC1CN(c2ccc([C@H](C)O)cc2Br)CC(CO)O1. The van der Waals surface area contributed by atoms with Gasteiger partial charge in [0, 0.05) is 17.6 Å². The van der Waals surface area contributed by atoms with Gasteiger partial charge in [0.05, 0.1) is 30.6 Å². The van der Waals surface area contributed by atoms with Crippen LogP contribution in [0.2, 0.25) is 0 Å². The highest BCUT2D eigenvalue weighted by Gasteiger charge is 2.26. The number of morpholine rings is 1. The molecule has 0 amide bonds. The van der Waals surface area contributed by atoms with Crippen LogP contribution in [0.3, 0.4) is 0 Å². The van der Waals surface area contributed by atoms with E-state index in [0.29, 0.717) is 6.54 Å². The molecular weight excluding hydrogens is 310 g/mol. The average molecular weight is 330 g/mol. The van der Waals surface area contributed by atoms with Gasteiger partial charge in [-0.1, -0.05) is 6.07 Å². The van der Waals surface area contributed by atoms with Crippen LogP contribution in [0, 0.1) is 0 Å². The second-order valence-corrected chi connectivity index (χ2v) is 5.90. The van der Waals surface area contributed by atoms with E-state index in [-0.39, 0.29) is 18.8 Å². The lowest BCUT2D eigenvalue weighted by atomic mass is 10.1. The molecule has 0 spiro atoms. The highest BCUT2D eigenvalue weighted by molar-refractivity contribution is 9.10. The fourth-order valence-corrected chi connectivity index (χ4v) is 3.03. The van der Waals surface area contributed by atoms with E-state index in [1.54, 1.807) is 6.92 Å². The van der Waals surface area contributed by atoms with Crippen molar-refractivity contribution in [3.05, 3.63) is 28.2 Å². The Morgan fingerprint density at radius 1 is 1.47 bits per heavy atom. The normalized spacial score (nSPS) is 25.4. The lowest BCUT2D eigenvalue weighted by molar-refractivity contribution is -0.0421. The molecule has 2 unspecified atom stereocenters. The summed E-state index contributed by atoms with van der Waals surface area (Å²) in [4.78, 5) is 2.20. The third-order valence-corrected chi connectivity index (χ3v) is 3.96. The predicted molar refractivity (Wildman–Crippen MR) is 78.4 cm³/mol. The van der Waals surface area contributed by atoms with Crippen LogP contribution in [-0.4, -0.2) is 42.1 Å². The van der Waals surface area contributed by atoms with Crippen molar-refractivity contribution < 1.29 is 14.9 Å². The fourth-order valence-electron chi connectivity index (χ4n) is 2.38. The maximum Gasteiger partial charge on any atom is 0.0984 e. The van der Waals surface area contributed by atoms with E-state index in [9.17, 15) is 10.2 Å². The molecule has 5 heteroatoms. The van der Waals surface area contributed by atoms with E-state index < -0.39 is 6.10 Å². The van der Waals surface area contributed by atoms with Crippen molar-refractivity contribution in [2.24, 2.45) is 0 Å². The third kappa shape index (κ3) is 3.48. The van der Waals surface area contributed by atoms with Crippen molar-refractivity contribution in [3.63, 3.8) is 0 Å². The lowest BCUT2D eigenvalue weighted by Crippen LogP contribution is -2.48. The summed E-state index contributed by atoms with van der Waals surface area (Å²) in [5.74, 6) is 0. The van der Waals surface area contributed by atoms with Gasteiger partial charge in [-0.25, -0.2) is 0 Å². The summed E-state index contributed by atoms with van der Waals surface area (Å²) in [7, 11) is 0. The predicted octanol–water partition coefficient (Wildman–Crippen LogP) is 2.09. The summed E-state index contributed by atoms with van der Waals surface area (Å²) in [5.41, 5.74) is 1.95. The molecular formula is C14H20BrNO3. The van der Waals surface area contributed by atoms with Crippen LogP contribution in [0.4, 0.5) is 5.69 Å². The number of rotatable bonds is 3. The van der Waals surface area contributed by atoms with E-state index in [2.05, 4.69) is 20.8 Å². The summed E-state index contributed by atoms with van der Waals surface area (Å²) in [6.45, 7) is 5.26. The molecule has 0 aliphatic carbocycles. The van der Waals surface area contributed by atoms with Gasteiger partial charge in [0.1, 0.15) is 0 Å². The van der Waals surface area contributed by atoms with Crippen LogP contribution in [0.5, 0.6) is 0 Å². The van der Waals surface area contributed by atoms with E-state index in [1.807, 2.05) is 25.1 Å². The summed E-state index contributed by atoms with van der Waals surface area (Å²) in [6.07, 6.45) is -0.527. The highest BCUT2D eigenvalue weighted by Crippen LogP contribution is 2.31. The zero-order valence-electron chi connectivity index (χ0n) is 11.2. The Bertz CT molecular complexity index is 439. The highest BCUT2D eigenvalue weighted by atomic mass is 79.9. The molecule has 3 atom stereocenters. The number of anilines is 1. The second kappa shape index (κ2) is 6.22. The van der Waals surface area contributed by atoms with Crippen LogP contribution in [0.1, 0.15) is 25.5 Å². The quantitative estimate of drug-likeness (QED) is 0.891. The maximum absolute atomic E-state index is 9.58. The van der Waals surface area contributed by atoms with Crippen molar-refractivity contribution in [1.29, 1.82) is 0 Å². The molecule has 2 rings (SSSR count). The summed E-state index contributed by atoms with van der Waals surface area (Å²) < 4.78 is 6.60. The van der Waals surface area contributed by atoms with Gasteiger partial charge in [-0.05, 0) is 47.5 Å². The summed E-state index contributed by atoms with van der Waals surface area (Å²) in [5, 5.41) is 18.8. The average Bonchev–Trinajstić information content (AvgIpc) is 2.37. The standard InChI is InChI=1S/C14H20BrNO3/c1-9-6-16(7-12(8-17)19-9)14-4-3-11(10(2)18)5-13(14)15/h3-5,9-10,12,17-18H,6-8H2,1-2H3/t9?,10-,12?/m0/s1. The number of hydrogen-bond acceptors (Lipinski definition) is 4. The van der Waals surface area contributed by atoms with Crippen LogP contribution >= 0.6 is 15.9 Å². The molecule has 0 saturated carbocycles. The minimum atomic E-state index is -0.473. The summed E-state index contributed by atoms with van der Waals surface area (Å²) >= 11 is 3.56. The Morgan fingerprint density at radius 3 is 2.79 bits per heavy atom. The minimum absolute atomic E-state index is 0.0320. The Balaban J connectivity index is 2.21. The van der Waals surface area contributed by atoms with Crippen LogP contribution in [-0.2, 0) is 4.74 Å². The maximum atomic E-state index is 9.58. The first-order valence-electron chi connectivity index (χ1n) is 6.50. The van der Waals surface area contributed by atoms with Gasteiger partial charge >= 0.3 is 0 Å². The van der Waals surface area contributed by atoms with Crippen LogP contribution in [0.25, 0.3) is 0 Å². The molecule has 1 heterocycles. The Hall–Kier alpha value is -0.620. The van der Waals surface area contributed by atoms with Gasteiger partial charge in [0.2, 0.25) is 0 Å². The van der Waals surface area contributed by atoms with E-state index in [4.69, 9.17) is 4.74 Å². The van der Waals surface area contributed by atoms with E-state index >= 15 is 0 Å². The second-order valence-electron chi connectivity index (χ2n) is 5.04. The number of ether oxygens (including phenoxy) is 1. The van der Waals surface area contributed by atoms with Gasteiger partial charge in [-0.3, -0.25) is 0 Å². The Labute approximate surface area is 122 Å². The first kappa shape index (κ1) is 14.8. The van der Waals surface area contributed by atoms with Crippen molar-refractivity contribution in [1.82, 2.24) is 0 Å². The van der Waals surface area contributed by atoms with Crippen molar-refractivity contribution >= 4 is 21.6 Å². The largest absolute Gasteiger partial charge is 0.394 e. The Morgan fingerprint density at radius 2 is 2.21 bits per heavy atom. The van der Waals surface area contributed by atoms with Crippen molar-refractivity contribution in [3.8, 4) is 0 Å².